The second-order valence-corrected chi connectivity index (χ2v) is 5.03. The Labute approximate surface area is 113 Å². The number of carbonyl (C=O) groups excluding carboxylic acids is 1. The van der Waals surface area contributed by atoms with E-state index in [0.717, 1.165) is 30.0 Å². The first-order chi connectivity index (χ1) is 9.08. The average molecular weight is 266 g/mol. The number of amides is 1. The van der Waals surface area contributed by atoms with Gasteiger partial charge in [-0.1, -0.05) is 0 Å². The van der Waals surface area contributed by atoms with E-state index in [2.05, 4.69) is 20.4 Å². The van der Waals surface area contributed by atoms with Crippen LogP contribution in [0.4, 0.5) is 0 Å². The van der Waals surface area contributed by atoms with E-state index < -0.39 is 0 Å². The van der Waals surface area contributed by atoms with Crippen LogP contribution in [0.1, 0.15) is 29.9 Å². The molecule has 6 heteroatoms. The van der Waals surface area contributed by atoms with Crippen LogP contribution in [0.5, 0.6) is 0 Å². The van der Waals surface area contributed by atoms with Gasteiger partial charge in [0.15, 0.2) is 0 Å². The lowest BCUT2D eigenvalue weighted by molar-refractivity contribution is -0.123. The Morgan fingerprint density at radius 1 is 1.47 bits per heavy atom. The summed E-state index contributed by atoms with van der Waals surface area (Å²) in [6, 6.07) is -0.0210. The largest absolute Gasteiger partial charge is 0.379 e. The third kappa shape index (κ3) is 3.54. The van der Waals surface area contributed by atoms with Crippen LogP contribution in [-0.2, 0) is 9.53 Å². The maximum Gasteiger partial charge on any atom is 0.234 e. The Balaban J connectivity index is 1.88. The predicted molar refractivity (Wildman–Crippen MR) is 71.9 cm³/mol. The molecule has 1 saturated heterocycles. The van der Waals surface area contributed by atoms with Crippen molar-refractivity contribution in [3.05, 3.63) is 17.0 Å². The lowest BCUT2D eigenvalue weighted by Crippen LogP contribution is -2.43. The molecule has 1 aromatic rings. The number of ether oxygens (including phenoxy) is 1. The molecule has 6 nitrogen and oxygen atoms in total. The second kappa shape index (κ2) is 6.16. The Bertz CT molecular complexity index is 418. The number of nitrogens with one attached hydrogen (secondary N) is 2. The van der Waals surface area contributed by atoms with Crippen molar-refractivity contribution in [2.24, 2.45) is 0 Å². The van der Waals surface area contributed by atoms with Crippen molar-refractivity contribution in [2.75, 3.05) is 32.8 Å². The first-order valence-corrected chi connectivity index (χ1v) is 6.69. The molecule has 0 radical (unpaired) electrons. The van der Waals surface area contributed by atoms with Crippen molar-refractivity contribution in [2.45, 2.75) is 26.8 Å². The summed E-state index contributed by atoms with van der Waals surface area (Å²) in [5.41, 5.74) is 3.03. The van der Waals surface area contributed by atoms with E-state index in [0.29, 0.717) is 19.8 Å². The van der Waals surface area contributed by atoms with Gasteiger partial charge in [0.25, 0.3) is 0 Å². The van der Waals surface area contributed by atoms with Gasteiger partial charge in [0.05, 0.1) is 31.5 Å². The van der Waals surface area contributed by atoms with Crippen molar-refractivity contribution in [1.82, 2.24) is 20.4 Å². The SMILES string of the molecule is Cc1n[nH]c(C)c1C(C)NC(=O)CN1CCOCC1. The van der Waals surface area contributed by atoms with Gasteiger partial charge in [0, 0.05) is 24.3 Å². The lowest BCUT2D eigenvalue weighted by Gasteiger charge is -2.26. The van der Waals surface area contributed by atoms with Gasteiger partial charge in [-0.25, -0.2) is 0 Å². The molecule has 0 bridgehead atoms. The summed E-state index contributed by atoms with van der Waals surface area (Å²) in [7, 11) is 0. The normalized spacial score (nSPS) is 18.3. The molecule has 2 N–H and O–H groups in total. The van der Waals surface area contributed by atoms with E-state index in [1.165, 1.54) is 0 Å². The van der Waals surface area contributed by atoms with Crippen LogP contribution in [0.3, 0.4) is 0 Å². The second-order valence-electron chi connectivity index (χ2n) is 5.03. The first kappa shape index (κ1) is 14.0. The number of H-pyrrole nitrogens is 1. The fraction of sp³-hybridized carbons (Fsp3) is 0.692. The molecule has 0 aromatic carbocycles. The van der Waals surface area contributed by atoms with E-state index in [9.17, 15) is 4.79 Å². The highest BCUT2D eigenvalue weighted by Gasteiger charge is 2.19. The van der Waals surface area contributed by atoms with Gasteiger partial charge in [0.1, 0.15) is 0 Å². The van der Waals surface area contributed by atoms with Crippen molar-refractivity contribution in [1.29, 1.82) is 0 Å². The summed E-state index contributed by atoms with van der Waals surface area (Å²) in [5, 5.41) is 10.1. The topological polar surface area (TPSA) is 70.2 Å². The summed E-state index contributed by atoms with van der Waals surface area (Å²) in [6.07, 6.45) is 0. The molecule has 106 valence electrons. The molecule has 19 heavy (non-hydrogen) atoms. The molecule has 1 amide bonds. The van der Waals surface area contributed by atoms with E-state index in [-0.39, 0.29) is 11.9 Å². The molecule has 2 heterocycles. The van der Waals surface area contributed by atoms with Crippen molar-refractivity contribution in [3.8, 4) is 0 Å². The molecule has 0 saturated carbocycles. The fourth-order valence-corrected chi connectivity index (χ4v) is 2.52. The van der Waals surface area contributed by atoms with Gasteiger partial charge in [0.2, 0.25) is 5.91 Å². The van der Waals surface area contributed by atoms with Gasteiger partial charge in [-0.05, 0) is 20.8 Å². The quantitative estimate of drug-likeness (QED) is 0.834. The molecule has 1 fully saturated rings. The molecular weight excluding hydrogens is 244 g/mol. The Hall–Kier alpha value is -1.40. The van der Waals surface area contributed by atoms with Gasteiger partial charge >= 0.3 is 0 Å². The number of aromatic nitrogens is 2. The lowest BCUT2D eigenvalue weighted by atomic mass is 10.1. The predicted octanol–water partition coefficient (Wildman–Crippen LogP) is 0.536. The number of hydrogen-bond donors (Lipinski definition) is 2. The summed E-state index contributed by atoms with van der Waals surface area (Å²) in [5.74, 6) is 0.0504. The van der Waals surface area contributed by atoms with E-state index in [1.54, 1.807) is 0 Å². The maximum atomic E-state index is 12.0. The van der Waals surface area contributed by atoms with Gasteiger partial charge < -0.3 is 10.1 Å². The highest BCUT2D eigenvalue weighted by Crippen LogP contribution is 2.18. The highest BCUT2D eigenvalue weighted by atomic mass is 16.5. The number of morpholine rings is 1. The standard InChI is InChI=1S/C13H22N4O2/c1-9(13-10(2)15-16-11(13)3)14-12(18)8-17-4-6-19-7-5-17/h9H,4-8H2,1-3H3,(H,14,18)(H,15,16). The molecule has 1 aromatic heterocycles. The van der Waals surface area contributed by atoms with E-state index in [1.807, 2.05) is 20.8 Å². The highest BCUT2D eigenvalue weighted by molar-refractivity contribution is 5.78. The van der Waals surface area contributed by atoms with Crippen LogP contribution >= 0.6 is 0 Å². The number of rotatable bonds is 4. The minimum atomic E-state index is -0.0210. The molecule has 1 aliphatic rings. The number of aromatic amines is 1. The molecule has 2 rings (SSSR count). The number of aryl methyl sites for hydroxylation is 2. The smallest absolute Gasteiger partial charge is 0.234 e. The van der Waals surface area contributed by atoms with Crippen molar-refractivity contribution < 1.29 is 9.53 Å². The number of hydrogen-bond acceptors (Lipinski definition) is 4. The Morgan fingerprint density at radius 3 is 2.74 bits per heavy atom. The van der Waals surface area contributed by atoms with Gasteiger partial charge in [-0.3, -0.25) is 14.8 Å². The third-order valence-corrected chi connectivity index (χ3v) is 3.47. The van der Waals surface area contributed by atoms with Crippen LogP contribution in [0.25, 0.3) is 0 Å². The fourth-order valence-electron chi connectivity index (χ4n) is 2.52. The van der Waals surface area contributed by atoms with Gasteiger partial charge in [-0.15, -0.1) is 0 Å². The Morgan fingerprint density at radius 2 is 2.16 bits per heavy atom. The molecule has 0 spiro atoms. The van der Waals surface area contributed by atoms with E-state index >= 15 is 0 Å². The third-order valence-electron chi connectivity index (χ3n) is 3.47. The van der Waals surface area contributed by atoms with Crippen molar-refractivity contribution >= 4 is 5.91 Å². The van der Waals surface area contributed by atoms with Crippen LogP contribution < -0.4 is 5.32 Å². The monoisotopic (exact) mass is 266 g/mol. The van der Waals surface area contributed by atoms with E-state index in [4.69, 9.17) is 4.74 Å². The molecular formula is C13H22N4O2. The van der Waals surface area contributed by atoms with Crippen LogP contribution in [0, 0.1) is 13.8 Å². The molecule has 1 atom stereocenters. The maximum absolute atomic E-state index is 12.0. The van der Waals surface area contributed by atoms with Crippen LogP contribution in [0.15, 0.2) is 0 Å². The van der Waals surface area contributed by atoms with Gasteiger partial charge in [-0.2, -0.15) is 5.10 Å². The van der Waals surface area contributed by atoms with Crippen molar-refractivity contribution in [3.63, 3.8) is 0 Å². The minimum absolute atomic E-state index is 0.0210. The van der Waals surface area contributed by atoms with Crippen LogP contribution in [-0.4, -0.2) is 53.9 Å². The zero-order chi connectivity index (χ0) is 13.8. The number of nitrogens with zero attached hydrogens (tertiary/aromatic N) is 2. The zero-order valence-electron chi connectivity index (χ0n) is 11.8. The minimum Gasteiger partial charge on any atom is -0.379 e. The number of carbonyl (C=O) groups is 1. The zero-order valence-corrected chi connectivity index (χ0v) is 11.8. The Kier molecular flexibility index (Phi) is 4.55. The summed E-state index contributed by atoms with van der Waals surface area (Å²) < 4.78 is 5.27. The molecule has 1 aliphatic heterocycles. The van der Waals surface area contributed by atoms with Crippen LogP contribution in [0.2, 0.25) is 0 Å². The first-order valence-electron chi connectivity index (χ1n) is 6.69. The molecule has 1 unspecified atom stereocenters. The summed E-state index contributed by atoms with van der Waals surface area (Å²) in [6.45, 7) is 9.41. The summed E-state index contributed by atoms with van der Waals surface area (Å²) in [4.78, 5) is 14.1. The average Bonchev–Trinajstić information content (AvgIpc) is 2.70. The summed E-state index contributed by atoms with van der Waals surface area (Å²) >= 11 is 0. The molecule has 0 aliphatic carbocycles.